The van der Waals surface area contributed by atoms with Gasteiger partial charge in [0.2, 0.25) is 11.8 Å². The van der Waals surface area contributed by atoms with Gasteiger partial charge in [0.1, 0.15) is 0 Å². The summed E-state index contributed by atoms with van der Waals surface area (Å²) in [6.45, 7) is 5.43. The van der Waals surface area contributed by atoms with Crippen LogP contribution in [0.2, 0.25) is 0 Å². The molecule has 1 aliphatic rings. The van der Waals surface area contributed by atoms with E-state index >= 15 is 0 Å². The van der Waals surface area contributed by atoms with Gasteiger partial charge < -0.3 is 20.4 Å². The predicted octanol–water partition coefficient (Wildman–Crippen LogP) is 3.59. The molecular weight excluding hydrogens is 392 g/mol. The quantitative estimate of drug-likeness (QED) is 0.745. The number of nitrogens with zero attached hydrogens (tertiary/aromatic N) is 2. The molecule has 1 saturated heterocycles. The van der Waals surface area contributed by atoms with Crippen molar-refractivity contribution in [1.29, 1.82) is 0 Å². The van der Waals surface area contributed by atoms with Gasteiger partial charge in [-0.3, -0.25) is 14.4 Å². The van der Waals surface area contributed by atoms with Crippen molar-refractivity contribution in [3.63, 3.8) is 0 Å². The number of hydrogen-bond acceptors (Lipinski definition) is 4. The summed E-state index contributed by atoms with van der Waals surface area (Å²) in [5.74, 6) is 0.493. The molecule has 2 N–H and O–H groups in total. The summed E-state index contributed by atoms with van der Waals surface area (Å²) in [5, 5.41) is 5.89. The van der Waals surface area contributed by atoms with Gasteiger partial charge in [-0.25, -0.2) is 0 Å². The number of benzene rings is 2. The lowest BCUT2D eigenvalue weighted by Gasteiger charge is -2.30. The molecule has 1 aliphatic heterocycles. The van der Waals surface area contributed by atoms with E-state index in [1.54, 1.807) is 36.2 Å². The van der Waals surface area contributed by atoms with Crippen LogP contribution in [0.1, 0.15) is 37.0 Å². The molecule has 3 rings (SSSR count). The number of nitrogens with one attached hydrogen (secondary N) is 2. The van der Waals surface area contributed by atoms with E-state index in [1.165, 1.54) is 6.92 Å². The van der Waals surface area contributed by atoms with Crippen LogP contribution in [0.5, 0.6) is 0 Å². The van der Waals surface area contributed by atoms with Crippen LogP contribution in [0.15, 0.2) is 48.5 Å². The maximum Gasteiger partial charge on any atom is 0.253 e. The maximum atomic E-state index is 12.6. The van der Waals surface area contributed by atoms with Crippen LogP contribution in [0.3, 0.4) is 0 Å². The molecule has 7 nitrogen and oxygen atoms in total. The Morgan fingerprint density at radius 3 is 2.13 bits per heavy atom. The standard InChI is InChI=1S/C24H30N4O3/c1-17-12-14-28(15-13-17)24(31)19-4-6-21(7-5-19)26-23(30)16-25-20-8-10-22(11-9-20)27(3)18(2)29/h4-11,17,25H,12-16H2,1-3H3,(H,26,30). The third-order valence-electron chi connectivity index (χ3n) is 5.67. The van der Waals surface area contributed by atoms with Crippen molar-refractivity contribution in [3.05, 3.63) is 54.1 Å². The molecule has 0 unspecified atom stereocenters. The SMILES string of the molecule is CC(=O)N(C)c1ccc(NCC(=O)Nc2ccc(C(=O)N3CCC(C)CC3)cc2)cc1. The van der Waals surface area contributed by atoms with Gasteiger partial charge in [-0.1, -0.05) is 6.92 Å². The fourth-order valence-electron chi connectivity index (χ4n) is 3.46. The predicted molar refractivity (Wildman–Crippen MR) is 123 cm³/mol. The first kappa shape index (κ1) is 22.3. The van der Waals surface area contributed by atoms with Crippen LogP contribution in [0, 0.1) is 5.92 Å². The molecule has 2 aromatic rings. The molecule has 0 aliphatic carbocycles. The minimum atomic E-state index is -0.186. The Kier molecular flexibility index (Phi) is 7.28. The second-order valence-electron chi connectivity index (χ2n) is 8.08. The lowest BCUT2D eigenvalue weighted by Crippen LogP contribution is -2.37. The van der Waals surface area contributed by atoms with Crippen molar-refractivity contribution < 1.29 is 14.4 Å². The summed E-state index contributed by atoms with van der Waals surface area (Å²) in [4.78, 5) is 39.7. The third kappa shape index (κ3) is 6.07. The second kappa shape index (κ2) is 10.1. The van der Waals surface area contributed by atoms with Crippen LogP contribution in [-0.4, -0.2) is 49.3 Å². The van der Waals surface area contributed by atoms with Crippen LogP contribution < -0.4 is 15.5 Å². The number of carbonyl (C=O) groups excluding carboxylic acids is 3. The number of carbonyl (C=O) groups is 3. The van der Waals surface area contributed by atoms with Crippen molar-refractivity contribution >= 4 is 34.8 Å². The van der Waals surface area contributed by atoms with E-state index in [9.17, 15) is 14.4 Å². The molecular formula is C24H30N4O3. The van der Waals surface area contributed by atoms with E-state index < -0.39 is 0 Å². The van der Waals surface area contributed by atoms with Crippen LogP contribution in [0.25, 0.3) is 0 Å². The summed E-state index contributed by atoms with van der Waals surface area (Å²) in [6, 6.07) is 14.3. The van der Waals surface area contributed by atoms with Gasteiger partial charge in [0, 0.05) is 49.7 Å². The van der Waals surface area contributed by atoms with E-state index in [2.05, 4.69) is 17.6 Å². The number of rotatable bonds is 6. The smallest absolute Gasteiger partial charge is 0.253 e. The van der Waals surface area contributed by atoms with E-state index in [0.717, 1.165) is 37.3 Å². The van der Waals surface area contributed by atoms with Crippen molar-refractivity contribution in [2.24, 2.45) is 5.92 Å². The van der Waals surface area contributed by atoms with Gasteiger partial charge in [0.05, 0.1) is 6.54 Å². The van der Waals surface area contributed by atoms with Gasteiger partial charge in [0.25, 0.3) is 5.91 Å². The van der Waals surface area contributed by atoms with E-state index in [0.29, 0.717) is 17.2 Å². The minimum absolute atomic E-state index is 0.0432. The number of anilines is 3. The van der Waals surface area contributed by atoms with Gasteiger partial charge in [0.15, 0.2) is 0 Å². The Morgan fingerprint density at radius 2 is 1.55 bits per heavy atom. The monoisotopic (exact) mass is 422 g/mol. The van der Waals surface area contributed by atoms with Crippen LogP contribution >= 0.6 is 0 Å². The molecule has 7 heteroatoms. The van der Waals surface area contributed by atoms with E-state index in [-0.39, 0.29) is 24.3 Å². The Hall–Kier alpha value is -3.35. The summed E-state index contributed by atoms with van der Waals surface area (Å²) < 4.78 is 0. The molecule has 0 saturated carbocycles. The lowest BCUT2D eigenvalue weighted by atomic mass is 9.98. The Morgan fingerprint density at radius 1 is 0.968 bits per heavy atom. The van der Waals surface area contributed by atoms with Crippen molar-refractivity contribution in [2.75, 3.05) is 42.2 Å². The Balaban J connectivity index is 1.48. The molecule has 0 spiro atoms. The Labute approximate surface area is 183 Å². The highest BCUT2D eigenvalue weighted by atomic mass is 16.2. The fraction of sp³-hybridized carbons (Fsp3) is 0.375. The highest BCUT2D eigenvalue weighted by Crippen LogP contribution is 2.19. The van der Waals surface area contributed by atoms with Crippen molar-refractivity contribution in [2.45, 2.75) is 26.7 Å². The zero-order valence-electron chi connectivity index (χ0n) is 18.4. The average Bonchev–Trinajstić information content (AvgIpc) is 2.78. The average molecular weight is 423 g/mol. The largest absolute Gasteiger partial charge is 0.376 e. The van der Waals surface area contributed by atoms with Gasteiger partial charge >= 0.3 is 0 Å². The topological polar surface area (TPSA) is 81.8 Å². The highest BCUT2D eigenvalue weighted by Gasteiger charge is 2.21. The molecule has 2 aromatic carbocycles. The number of piperidine rings is 1. The molecule has 164 valence electrons. The zero-order valence-corrected chi connectivity index (χ0v) is 18.4. The van der Waals surface area contributed by atoms with E-state index in [4.69, 9.17) is 0 Å². The first-order valence-corrected chi connectivity index (χ1v) is 10.6. The zero-order chi connectivity index (χ0) is 22.4. The molecule has 1 heterocycles. The molecule has 31 heavy (non-hydrogen) atoms. The molecule has 3 amide bonds. The summed E-state index contributed by atoms with van der Waals surface area (Å²) in [5.41, 5.74) is 2.86. The minimum Gasteiger partial charge on any atom is -0.376 e. The summed E-state index contributed by atoms with van der Waals surface area (Å²) in [6.07, 6.45) is 2.09. The highest BCUT2D eigenvalue weighted by molar-refractivity contribution is 5.97. The second-order valence-corrected chi connectivity index (χ2v) is 8.08. The number of likely N-dealkylation sites (tertiary alicyclic amines) is 1. The first-order valence-electron chi connectivity index (χ1n) is 10.6. The van der Waals surface area contributed by atoms with E-state index in [1.807, 2.05) is 29.2 Å². The molecule has 0 radical (unpaired) electrons. The third-order valence-corrected chi connectivity index (χ3v) is 5.67. The van der Waals surface area contributed by atoms with Gasteiger partial charge in [-0.05, 0) is 67.3 Å². The van der Waals surface area contributed by atoms with Gasteiger partial charge in [-0.2, -0.15) is 0 Å². The van der Waals surface area contributed by atoms with Gasteiger partial charge in [-0.15, -0.1) is 0 Å². The fourth-order valence-corrected chi connectivity index (χ4v) is 3.46. The normalized spacial score (nSPS) is 14.1. The number of hydrogen-bond donors (Lipinski definition) is 2. The lowest BCUT2D eigenvalue weighted by molar-refractivity contribution is -0.116. The molecule has 0 aromatic heterocycles. The molecule has 1 fully saturated rings. The Bertz CT molecular complexity index is 917. The summed E-state index contributed by atoms with van der Waals surface area (Å²) in [7, 11) is 1.71. The van der Waals surface area contributed by atoms with Crippen LogP contribution in [-0.2, 0) is 9.59 Å². The maximum absolute atomic E-state index is 12.6. The van der Waals surface area contributed by atoms with Crippen molar-refractivity contribution in [1.82, 2.24) is 4.90 Å². The number of amides is 3. The van der Waals surface area contributed by atoms with Crippen LogP contribution in [0.4, 0.5) is 17.1 Å². The summed E-state index contributed by atoms with van der Waals surface area (Å²) >= 11 is 0. The molecule has 0 bridgehead atoms. The first-order chi connectivity index (χ1) is 14.8. The van der Waals surface area contributed by atoms with Crippen molar-refractivity contribution in [3.8, 4) is 0 Å². The molecule has 0 atom stereocenters.